The molecule has 0 aliphatic heterocycles. The number of nitrogens with one attached hydrogen (secondary N) is 1. The zero-order valence-electron chi connectivity index (χ0n) is 12.2. The lowest BCUT2D eigenvalue weighted by Crippen LogP contribution is -2.18. The van der Waals surface area contributed by atoms with Crippen molar-refractivity contribution in [2.45, 2.75) is 0 Å². The van der Waals surface area contributed by atoms with Crippen molar-refractivity contribution < 1.29 is 4.79 Å². The van der Waals surface area contributed by atoms with Crippen molar-refractivity contribution in [3.8, 4) is 0 Å². The SMILES string of the molecule is CN(C)c1cccc(C(=O)N/N=C/c2ccc(Cl)cc2Cl)c1. The summed E-state index contributed by atoms with van der Waals surface area (Å²) in [5.41, 5.74) is 4.63. The Bertz CT molecular complexity index is 714. The molecule has 0 fully saturated rings. The molecule has 22 heavy (non-hydrogen) atoms. The number of hydrogen-bond donors (Lipinski definition) is 1. The Kier molecular flexibility index (Phi) is 5.41. The fourth-order valence-corrected chi connectivity index (χ4v) is 2.21. The Morgan fingerprint density at radius 1 is 1.18 bits per heavy atom. The van der Waals surface area contributed by atoms with Crippen molar-refractivity contribution in [2.75, 3.05) is 19.0 Å². The maximum absolute atomic E-state index is 12.1. The number of benzene rings is 2. The molecule has 1 N–H and O–H groups in total. The minimum atomic E-state index is -0.287. The van der Waals surface area contributed by atoms with E-state index in [0.29, 0.717) is 21.2 Å². The topological polar surface area (TPSA) is 44.7 Å². The summed E-state index contributed by atoms with van der Waals surface area (Å²) in [5, 5.41) is 4.94. The van der Waals surface area contributed by atoms with Gasteiger partial charge in [0.1, 0.15) is 0 Å². The maximum atomic E-state index is 12.1. The third-order valence-electron chi connectivity index (χ3n) is 2.96. The van der Waals surface area contributed by atoms with E-state index in [0.717, 1.165) is 5.69 Å². The monoisotopic (exact) mass is 335 g/mol. The van der Waals surface area contributed by atoms with Gasteiger partial charge in [0.05, 0.1) is 11.2 Å². The van der Waals surface area contributed by atoms with Crippen molar-refractivity contribution in [3.63, 3.8) is 0 Å². The van der Waals surface area contributed by atoms with Crippen molar-refractivity contribution in [2.24, 2.45) is 5.10 Å². The van der Waals surface area contributed by atoms with Gasteiger partial charge in [-0.1, -0.05) is 35.3 Å². The highest BCUT2D eigenvalue weighted by Gasteiger charge is 2.06. The van der Waals surface area contributed by atoms with Crippen LogP contribution in [0.1, 0.15) is 15.9 Å². The molecule has 2 rings (SSSR count). The van der Waals surface area contributed by atoms with Crippen molar-refractivity contribution in [3.05, 3.63) is 63.6 Å². The van der Waals surface area contributed by atoms with E-state index >= 15 is 0 Å². The normalized spacial score (nSPS) is 10.7. The van der Waals surface area contributed by atoms with Crippen molar-refractivity contribution in [1.29, 1.82) is 0 Å². The van der Waals surface area contributed by atoms with Gasteiger partial charge in [0.15, 0.2) is 0 Å². The Morgan fingerprint density at radius 2 is 1.95 bits per heavy atom. The van der Waals surface area contributed by atoms with Crippen LogP contribution in [0.2, 0.25) is 10.0 Å². The Hall–Kier alpha value is -2.04. The van der Waals surface area contributed by atoms with Gasteiger partial charge in [0.25, 0.3) is 5.91 Å². The zero-order chi connectivity index (χ0) is 16.1. The molecule has 2 aromatic rings. The first-order valence-corrected chi connectivity index (χ1v) is 7.29. The first kappa shape index (κ1) is 16.3. The number of amides is 1. The standard InChI is InChI=1S/C16H15Cl2N3O/c1-21(2)14-5-3-4-11(8-14)16(22)20-19-10-12-6-7-13(17)9-15(12)18/h3-10H,1-2H3,(H,20,22)/b19-10+. The summed E-state index contributed by atoms with van der Waals surface area (Å²) in [4.78, 5) is 14.0. The number of anilines is 1. The van der Waals surface area contributed by atoms with E-state index in [2.05, 4.69) is 10.5 Å². The first-order valence-electron chi connectivity index (χ1n) is 6.53. The van der Waals surface area contributed by atoms with E-state index in [1.54, 1.807) is 30.3 Å². The summed E-state index contributed by atoms with van der Waals surface area (Å²) in [7, 11) is 3.83. The molecule has 0 radical (unpaired) electrons. The largest absolute Gasteiger partial charge is 0.378 e. The van der Waals surface area contributed by atoms with Crippen LogP contribution in [0.25, 0.3) is 0 Å². The molecule has 0 aromatic heterocycles. The smallest absolute Gasteiger partial charge is 0.271 e. The summed E-state index contributed by atoms with van der Waals surface area (Å²) in [5.74, 6) is -0.287. The van der Waals surface area contributed by atoms with Crippen LogP contribution in [0.3, 0.4) is 0 Å². The third-order valence-corrected chi connectivity index (χ3v) is 3.52. The molecule has 0 bridgehead atoms. The van der Waals surface area contributed by atoms with E-state index in [4.69, 9.17) is 23.2 Å². The van der Waals surface area contributed by atoms with Gasteiger partial charge in [-0.3, -0.25) is 4.79 Å². The van der Waals surface area contributed by atoms with Crippen LogP contribution >= 0.6 is 23.2 Å². The molecule has 0 aliphatic rings. The van der Waals surface area contributed by atoms with Crippen LogP contribution in [-0.4, -0.2) is 26.2 Å². The summed E-state index contributed by atoms with van der Waals surface area (Å²) < 4.78 is 0. The van der Waals surface area contributed by atoms with Gasteiger partial charge in [-0.15, -0.1) is 0 Å². The lowest BCUT2D eigenvalue weighted by Gasteiger charge is -2.12. The fraction of sp³-hybridized carbons (Fsp3) is 0.125. The van der Waals surface area contributed by atoms with E-state index in [1.807, 2.05) is 31.1 Å². The van der Waals surface area contributed by atoms with Crippen LogP contribution < -0.4 is 10.3 Å². The van der Waals surface area contributed by atoms with Crippen molar-refractivity contribution >= 4 is 41.0 Å². The third kappa shape index (κ3) is 4.23. The fourth-order valence-electron chi connectivity index (χ4n) is 1.76. The summed E-state index contributed by atoms with van der Waals surface area (Å²) in [6.07, 6.45) is 1.48. The molecular weight excluding hydrogens is 321 g/mol. The second-order valence-corrected chi connectivity index (χ2v) is 5.65. The predicted molar refractivity (Wildman–Crippen MR) is 92.3 cm³/mol. The Balaban J connectivity index is 2.06. The highest BCUT2D eigenvalue weighted by Crippen LogP contribution is 2.19. The summed E-state index contributed by atoms with van der Waals surface area (Å²) in [6, 6.07) is 12.3. The second kappa shape index (κ2) is 7.29. The molecule has 0 saturated heterocycles. The number of hydrogen-bond acceptors (Lipinski definition) is 3. The van der Waals surface area contributed by atoms with Gasteiger partial charge < -0.3 is 4.90 Å². The second-order valence-electron chi connectivity index (χ2n) is 4.81. The molecule has 0 atom stereocenters. The number of hydrazone groups is 1. The van der Waals surface area contributed by atoms with Crippen LogP contribution in [0.4, 0.5) is 5.69 Å². The van der Waals surface area contributed by atoms with Crippen LogP contribution in [-0.2, 0) is 0 Å². The number of rotatable bonds is 4. The molecular formula is C16H15Cl2N3O. The highest BCUT2D eigenvalue weighted by molar-refractivity contribution is 6.36. The molecule has 114 valence electrons. The van der Waals surface area contributed by atoms with E-state index in [-0.39, 0.29) is 5.91 Å². The zero-order valence-corrected chi connectivity index (χ0v) is 13.7. The lowest BCUT2D eigenvalue weighted by molar-refractivity contribution is 0.0955. The van der Waals surface area contributed by atoms with E-state index < -0.39 is 0 Å². The average Bonchev–Trinajstić information content (AvgIpc) is 2.49. The number of halogens is 2. The van der Waals surface area contributed by atoms with Gasteiger partial charge in [0, 0.05) is 35.9 Å². The minimum Gasteiger partial charge on any atom is -0.378 e. The van der Waals surface area contributed by atoms with E-state index in [9.17, 15) is 4.79 Å². The van der Waals surface area contributed by atoms with Gasteiger partial charge in [-0.2, -0.15) is 5.10 Å². The molecule has 0 heterocycles. The van der Waals surface area contributed by atoms with Crippen LogP contribution in [0.15, 0.2) is 47.6 Å². The predicted octanol–water partition coefficient (Wildman–Crippen LogP) is 3.82. The van der Waals surface area contributed by atoms with Crippen molar-refractivity contribution in [1.82, 2.24) is 5.43 Å². The first-order chi connectivity index (χ1) is 10.5. The Morgan fingerprint density at radius 3 is 2.64 bits per heavy atom. The lowest BCUT2D eigenvalue weighted by atomic mass is 10.2. The number of carbonyl (C=O) groups excluding carboxylic acids is 1. The van der Waals surface area contributed by atoms with E-state index in [1.165, 1.54) is 6.21 Å². The van der Waals surface area contributed by atoms with Gasteiger partial charge >= 0.3 is 0 Å². The molecule has 0 aliphatic carbocycles. The van der Waals surface area contributed by atoms with Crippen LogP contribution in [0.5, 0.6) is 0 Å². The van der Waals surface area contributed by atoms with Gasteiger partial charge in [-0.25, -0.2) is 5.43 Å². The highest BCUT2D eigenvalue weighted by atomic mass is 35.5. The minimum absolute atomic E-state index is 0.287. The molecule has 0 saturated carbocycles. The summed E-state index contributed by atoms with van der Waals surface area (Å²) in [6.45, 7) is 0. The number of carbonyl (C=O) groups is 1. The quantitative estimate of drug-likeness (QED) is 0.681. The average molecular weight is 336 g/mol. The van der Waals surface area contributed by atoms with Gasteiger partial charge in [-0.05, 0) is 30.3 Å². The molecule has 6 heteroatoms. The molecule has 0 spiro atoms. The number of nitrogens with zero attached hydrogens (tertiary/aromatic N) is 2. The van der Waals surface area contributed by atoms with Crippen LogP contribution in [0, 0.1) is 0 Å². The molecule has 2 aromatic carbocycles. The maximum Gasteiger partial charge on any atom is 0.271 e. The molecule has 1 amide bonds. The molecule has 4 nitrogen and oxygen atoms in total. The molecule has 0 unspecified atom stereocenters. The Labute approximate surface area is 139 Å². The summed E-state index contributed by atoms with van der Waals surface area (Å²) >= 11 is 11.8. The van der Waals surface area contributed by atoms with Gasteiger partial charge in [0.2, 0.25) is 0 Å².